The van der Waals surface area contributed by atoms with E-state index in [0.29, 0.717) is 3.83 Å². The van der Waals surface area contributed by atoms with Crippen LogP contribution in [0.4, 0.5) is 0 Å². The summed E-state index contributed by atoms with van der Waals surface area (Å²) in [7, 11) is 0. The number of nitrogens with zero attached hydrogens (tertiary/aromatic N) is 3. The number of benzene rings is 1. The van der Waals surface area contributed by atoms with E-state index in [1.165, 1.54) is 5.56 Å². The summed E-state index contributed by atoms with van der Waals surface area (Å²) in [5.41, 5.74) is 2.90. The van der Waals surface area contributed by atoms with E-state index in [2.05, 4.69) is 37.8 Å². The number of hydrogen-bond donors (Lipinski definition) is 0. The molecule has 1 aromatic heterocycles. The quantitative estimate of drug-likeness (QED) is 0.693. The number of hydrogen-bond acceptors (Lipinski definition) is 4. The third-order valence-corrected chi connectivity index (χ3v) is 2.70. The largest absolute Gasteiger partial charge is 0.493 e. The lowest BCUT2D eigenvalue weighted by molar-refractivity contribution is 0.357. The molecule has 4 nitrogen and oxygen atoms in total. The van der Waals surface area contributed by atoms with E-state index in [0.717, 1.165) is 29.8 Å². The Bertz CT molecular complexity index is 515. The number of rotatable bonds is 0. The first kappa shape index (κ1) is 8.34. The predicted molar refractivity (Wildman–Crippen MR) is 59.2 cm³/mol. The van der Waals surface area contributed by atoms with Crippen LogP contribution in [0.5, 0.6) is 5.75 Å². The molecule has 0 saturated heterocycles. The molecule has 70 valence electrons. The molecule has 2 heterocycles. The van der Waals surface area contributed by atoms with Crippen LogP contribution in [0, 0.1) is 3.83 Å². The lowest BCUT2D eigenvalue weighted by atomic mass is 10.1. The van der Waals surface area contributed by atoms with Gasteiger partial charge in [0.05, 0.1) is 12.1 Å². The first-order valence-corrected chi connectivity index (χ1v) is 5.36. The summed E-state index contributed by atoms with van der Waals surface area (Å²) in [6.07, 6.45) is 0.957. The molecule has 1 aliphatic rings. The number of ether oxygens (including phenoxy) is 1. The van der Waals surface area contributed by atoms with Crippen molar-refractivity contribution in [1.29, 1.82) is 0 Å². The minimum Gasteiger partial charge on any atom is -0.493 e. The van der Waals surface area contributed by atoms with Crippen LogP contribution in [-0.4, -0.2) is 21.8 Å². The van der Waals surface area contributed by atoms with Gasteiger partial charge in [-0.2, -0.15) is 0 Å². The molecule has 0 saturated carbocycles. The van der Waals surface area contributed by atoms with Gasteiger partial charge in [0.25, 0.3) is 0 Å². The zero-order valence-corrected chi connectivity index (χ0v) is 9.35. The summed E-state index contributed by atoms with van der Waals surface area (Å²) < 4.78 is 6.12. The van der Waals surface area contributed by atoms with Crippen LogP contribution in [0.1, 0.15) is 5.56 Å². The summed E-state index contributed by atoms with van der Waals surface area (Å²) in [5, 5.41) is 8.00. The predicted octanol–water partition coefficient (Wildman–Crippen LogP) is 1.56. The average Bonchev–Trinajstić information content (AvgIpc) is 2.61. The summed E-state index contributed by atoms with van der Waals surface area (Å²) >= 11 is 2.05. The highest BCUT2D eigenvalue weighted by molar-refractivity contribution is 14.1. The highest BCUT2D eigenvalue weighted by Gasteiger charge is 2.14. The smallest absolute Gasteiger partial charge is 0.212 e. The average molecular weight is 299 g/mol. The van der Waals surface area contributed by atoms with E-state index in [4.69, 9.17) is 4.74 Å². The van der Waals surface area contributed by atoms with Crippen molar-refractivity contribution in [2.45, 2.75) is 6.42 Å². The molecule has 0 bridgehead atoms. The molecule has 0 aliphatic carbocycles. The van der Waals surface area contributed by atoms with Gasteiger partial charge >= 0.3 is 0 Å². The highest BCUT2D eigenvalue weighted by Crippen LogP contribution is 2.28. The Morgan fingerprint density at radius 1 is 1.21 bits per heavy atom. The van der Waals surface area contributed by atoms with Gasteiger partial charge < -0.3 is 4.74 Å². The zero-order valence-electron chi connectivity index (χ0n) is 7.20. The molecule has 0 spiro atoms. The van der Waals surface area contributed by atoms with Crippen molar-refractivity contribution in [1.82, 2.24) is 15.2 Å². The minimum absolute atomic E-state index is 0.660. The van der Waals surface area contributed by atoms with Crippen molar-refractivity contribution in [3.05, 3.63) is 21.5 Å². The summed E-state index contributed by atoms with van der Waals surface area (Å²) in [6, 6.07) is 3.95. The van der Waals surface area contributed by atoms with E-state index in [9.17, 15) is 0 Å². The lowest BCUT2D eigenvalue weighted by Gasteiger charge is -2.00. The normalized spacial score (nSPS) is 14.1. The van der Waals surface area contributed by atoms with Crippen molar-refractivity contribution >= 4 is 33.6 Å². The monoisotopic (exact) mass is 299 g/mol. The van der Waals surface area contributed by atoms with Gasteiger partial charge in [-0.05, 0) is 11.6 Å². The van der Waals surface area contributed by atoms with E-state index in [1.807, 2.05) is 12.1 Å². The van der Waals surface area contributed by atoms with E-state index in [1.54, 1.807) is 0 Å². The SMILES string of the molecule is Ic1nnc2cc3c(cc2n1)OCC3. The fraction of sp³-hybridized carbons (Fsp3) is 0.222. The molecule has 1 aromatic carbocycles. The van der Waals surface area contributed by atoms with Crippen LogP contribution in [0.3, 0.4) is 0 Å². The maximum atomic E-state index is 5.46. The molecule has 0 fully saturated rings. The van der Waals surface area contributed by atoms with Crippen molar-refractivity contribution in [2.24, 2.45) is 0 Å². The topological polar surface area (TPSA) is 47.9 Å². The molecule has 0 atom stereocenters. The summed E-state index contributed by atoms with van der Waals surface area (Å²) in [6.45, 7) is 0.760. The van der Waals surface area contributed by atoms with E-state index < -0.39 is 0 Å². The second-order valence-electron chi connectivity index (χ2n) is 3.13. The standard InChI is InChI=1S/C9H6IN3O/c10-9-11-6-4-8-5(1-2-14-8)3-7(6)12-13-9/h3-4H,1-2H2. The van der Waals surface area contributed by atoms with Gasteiger partial charge in [-0.1, -0.05) is 0 Å². The van der Waals surface area contributed by atoms with Gasteiger partial charge in [-0.25, -0.2) is 4.98 Å². The van der Waals surface area contributed by atoms with Gasteiger partial charge in [0.2, 0.25) is 3.83 Å². The molecule has 0 unspecified atom stereocenters. The van der Waals surface area contributed by atoms with Gasteiger partial charge in [0.15, 0.2) is 0 Å². The Kier molecular flexibility index (Phi) is 1.79. The van der Waals surface area contributed by atoms with Gasteiger partial charge in [-0.15, -0.1) is 10.2 Å². The lowest BCUT2D eigenvalue weighted by Crippen LogP contribution is -1.93. The van der Waals surface area contributed by atoms with Crippen LogP contribution < -0.4 is 4.74 Å². The van der Waals surface area contributed by atoms with Crippen molar-refractivity contribution < 1.29 is 4.74 Å². The summed E-state index contributed by atoms with van der Waals surface area (Å²) in [5.74, 6) is 0.939. The van der Waals surface area contributed by atoms with E-state index >= 15 is 0 Å². The maximum absolute atomic E-state index is 5.46. The Labute approximate surface area is 93.8 Å². The van der Waals surface area contributed by atoms with E-state index in [-0.39, 0.29) is 0 Å². The Hall–Kier alpha value is -0.980. The molecule has 5 heteroatoms. The third kappa shape index (κ3) is 1.23. The van der Waals surface area contributed by atoms with Gasteiger partial charge in [0.1, 0.15) is 11.3 Å². The van der Waals surface area contributed by atoms with Crippen LogP contribution in [0.15, 0.2) is 12.1 Å². The van der Waals surface area contributed by atoms with Crippen LogP contribution in [0.25, 0.3) is 11.0 Å². The molecule has 3 rings (SSSR count). The highest BCUT2D eigenvalue weighted by atomic mass is 127. The van der Waals surface area contributed by atoms with Crippen molar-refractivity contribution in [3.8, 4) is 5.75 Å². The zero-order chi connectivity index (χ0) is 9.54. The van der Waals surface area contributed by atoms with Crippen molar-refractivity contribution in [3.63, 3.8) is 0 Å². The van der Waals surface area contributed by atoms with Crippen LogP contribution >= 0.6 is 22.6 Å². The molecule has 1 aliphatic heterocycles. The molecule has 2 aromatic rings. The molecular weight excluding hydrogens is 293 g/mol. The maximum Gasteiger partial charge on any atom is 0.212 e. The second-order valence-corrected chi connectivity index (χ2v) is 4.09. The Morgan fingerprint density at radius 2 is 2.14 bits per heavy atom. The number of halogens is 1. The first-order chi connectivity index (χ1) is 6.83. The number of aromatic nitrogens is 3. The van der Waals surface area contributed by atoms with Crippen molar-refractivity contribution in [2.75, 3.05) is 6.61 Å². The molecule has 0 radical (unpaired) electrons. The molecule has 0 amide bonds. The molecule has 0 N–H and O–H groups in total. The Morgan fingerprint density at radius 3 is 3.07 bits per heavy atom. The third-order valence-electron chi connectivity index (χ3n) is 2.24. The molecular formula is C9H6IN3O. The first-order valence-electron chi connectivity index (χ1n) is 4.28. The summed E-state index contributed by atoms with van der Waals surface area (Å²) in [4.78, 5) is 4.29. The minimum atomic E-state index is 0.660. The van der Waals surface area contributed by atoms with Crippen LogP contribution in [-0.2, 0) is 6.42 Å². The second kappa shape index (κ2) is 3.01. The fourth-order valence-corrected chi connectivity index (χ4v) is 1.96. The molecule has 14 heavy (non-hydrogen) atoms. The Balaban J connectivity index is 2.33. The fourth-order valence-electron chi connectivity index (χ4n) is 1.59. The number of fused-ring (bicyclic) bond motifs is 2. The van der Waals surface area contributed by atoms with Crippen LogP contribution in [0.2, 0.25) is 0 Å². The van der Waals surface area contributed by atoms with Gasteiger partial charge in [0, 0.05) is 35.1 Å². The van der Waals surface area contributed by atoms with Gasteiger partial charge in [-0.3, -0.25) is 0 Å².